The number of likely N-dealkylation sites (tertiary alicyclic amines) is 1. The molecular weight excluding hydrogens is 449 g/mol. The zero-order chi connectivity index (χ0) is 24.4. The Hall–Kier alpha value is -1.60. The fourth-order valence-corrected chi connectivity index (χ4v) is 5.19. The molecule has 3 heterocycles. The maximum atomic E-state index is 12.7. The Kier molecular flexibility index (Phi) is 7.84. The van der Waals surface area contributed by atoms with Crippen LogP contribution in [0.3, 0.4) is 0 Å². The van der Waals surface area contributed by atoms with Crippen LogP contribution in [0.25, 0.3) is 0 Å². The fourth-order valence-electron chi connectivity index (χ4n) is 4.03. The molecule has 0 aliphatic carbocycles. The summed E-state index contributed by atoms with van der Waals surface area (Å²) in [4.78, 5) is 21.7. The molecule has 0 spiro atoms. The predicted molar refractivity (Wildman–Crippen MR) is 121 cm³/mol. The van der Waals surface area contributed by atoms with Crippen molar-refractivity contribution in [2.24, 2.45) is 5.92 Å². The van der Waals surface area contributed by atoms with Gasteiger partial charge < -0.3 is 24.4 Å². The van der Waals surface area contributed by atoms with Crippen LogP contribution in [0.2, 0.25) is 0 Å². The lowest BCUT2D eigenvalue weighted by Gasteiger charge is -2.33. The highest BCUT2D eigenvalue weighted by molar-refractivity contribution is 7.91. The van der Waals surface area contributed by atoms with Gasteiger partial charge in [-0.3, -0.25) is 4.79 Å². The van der Waals surface area contributed by atoms with Gasteiger partial charge in [0.05, 0.1) is 23.6 Å². The Labute approximate surface area is 195 Å². The summed E-state index contributed by atoms with van der Waals surface area (Å²) in [5.74, 6) is -0.423. The first-order valence-electron chi connectivity index (χ1n) is 11.3. The van der Waals surface area contributed by atoms with Crippen molar-refractivity contribution in [3.05, 3.63) is 12.4 Å². The van der Waals surface area contributed by atoms with Crippen LogP contribution in [-0.2, 0) is 23.9 Å². The summed E-state index contributed by atoms with van der Waals surface area (Å²) in [6, 6.07) is 0. The number of nitrogens with zero attached hydrogens (tertiary/aromatic N) is 3. The van der Waals surface area contributed by atoms with Crippen LogP contribution in [0.5, 0.6) is 0 Å². The van der Waals surface area contributed by atoms with Crippen LogP contribution in [0.1, 0.15) is 53.4 Å². The molecule has 3 rings (SSSR count). The summed E-state index contributed by atoms with van der Waals surface area (Å²) >= 11 is 0. The molecule has 2 atom stereocenters. The lowest BCUT2D eigenvalue weighted by Crippen LogP contribution is -2.46. The molecule has 0 radical (unpaired) electrons. The van der Waals surface area contributed by atoms with Gasteiger partial charge in [0.2, 0.25) is 15.0 Å². The minimum Gasteiger partial charge on any atom is -0.399 e. The third kappa shape index (κ3) is 5.91. The predicted octanol–water partition coefficient (Wildman–Crippen LogP) is -0.0785. The minimum atomic E-state index is -3.65. The van der Waals surface area contributed by atoms with Crippen LogP contribution in [-0.4, -0.2) is 89.3 Å². The van der Waals surface area contributed by atoms with Gasteiger partial charge >= 0.3 is 7.12 Å². The standard InChI is InChI=1S/C21H34BN3O7S/c1-20(2)21(3,4)32-22(31-20)16-11-23-19(24-12-16)33(29,30)10-6-8-15-7-5-9-25(13-15)18(28)17(27)14-26/h11-12,15,17,26-27H,5-10,13-14H2,1-4H3/t15-,17-/m1/s1. The first kappa shape index (κ1) is 26.0. The Morgan fingerprint density at radius 2 is 1.85 bits per heavy atom. The molecule has 2 N–H and O–H groups in total. The van der Waals surface area contributed by atoms with Crippen molar-refractivity contribution in [3.8, 4) is 0 Å². The van der Waals surface area contributed by atoms with Crippen molar-refractivity contribution in [1.82, 2.24) is 14.9 Å². The van der Waals surface area contributed by atoms with Crippen molar-refractivity contribution in [2.45, 2.75) is 75.8 Å². The highest BCUT2D eigenvalue weighted by Gasteiger charge is 2.52. The second-order valence-electron chi connectivity index (χ2n) is 9.84. The van der Waals surface area contributed by atoms with E-state index in [0.29, 0.717) is 31.4 Å². The van der Waals surface area contributed by atoms with Crippen LogP contribution >= 0.6 is 0 Å². The van der Waals surface area contributed by atoms with Crippen molar-refractivity contribution in [3.63, 3.8) is 0 Å². The first-order chi connectivity index (χ1) is 15.4. The van der Waals surface area contributed by atoms with Gasteiger partial charge in [-0.15, -0.1) is 0 Å². The van der Waals surface area contributed by atoms with Gasteiger partial charge in [0.15, 0.2) is 6.10 Å². The van der Waals surface area contributed by atoms with Crippen molar-refractivity contribution < 1.29 is 32.7 Å². The van der Waals surface area contributed by atoms with E-state index in [4.69, 9.17) is 14.4 Å². The summed E-state index contributed by atoms with van der Waals surface area (Å²) in [6.45, 7) is 8.12. The zero-order valence-electron chi connectivity index (χ0n) is 19.7. The number of hydrogen-bond donors (Lipinski definition) is 2. The molecular formula is C21H34BN3O7S. The molecule has 1 aromatic heterocycles. The number of carbonyl (C=O) groups excluding carboxylic acids is 1. The number of piperidine rings is 1. The van der Waals surface area contributed by atoms with E-state index in [-0.39, 0.29) is 16.8 Å². The number of aliphatic hydroxyl groups is 2. The van der Waals surface area contributed by atoms with E-state index in [1.54, 1.807) is 4.90 Å². The molecule has 0 unspecified atom stereocenters. The molecule has 33 heavy (non-hydrogen) atoms. The molecule has 12 heteroatoms. The maximum absolute atomic E-state index is 12.7. The Morgan fingerprint density at radius 3 is 2.42 bits per heavy atom. The molecule has 1 aromatic rings. The molecule has 1 amide bonds. The van der Waals surface area contributed by atoms with Crippen LogP contribution in [0.4, 0.5) is 0 Å². The molecule has 2 saturated heterocycles. The molecule has 0 saturated carbocycles. The highest BCUT2D eigenvalue weighted by atomic mass is 32.2. The van der Waals surface area contributed by atoms with Gasteiger partial charge in [0.25, 0.3) is 5.91 Å². The summed E-state index contributed by atoms with van der Waals surface area (Å²) in [6.07, 6.45) is 4.17. The van der Waals surface area contributed by atoms with Crippen LogP contribution in [0.15, 0.2) is 17.6 Å². The summed E-state index contributed by atoms with van der Waals surface area (Å²) in [5.41, 5.74) is -0.472. The monoisotopic (exact) mass is 483 g/mol. The number of hydrogen-bond acceptors (Lipinski definition) is 9. The van der Waals surface area contributed by atoms with Gasteiger partial charge in [0.1, 0.15) is 0 Å². The number of sulfone groups is 1. The molecule has 2 fully saturated rings. The third-order valence-electron chi connectivity index (χ3n) is 6.77. The summed E-state index contributed by atoms with van der Waals surface area (Å²) in [5, 5.41) is 18.3. The molecule has 0 bridgehead atoms. The van der Waals surface area contributed by atoms with E-state index < -0.39 is 46.8 Å². The number of aromatic nitrogens is 2. The lowest BCUT2D eigenvalue weighted by molar-refractivity contribution is -0.144. The van der Waals surface area contributed by atoms with Gasteiger partial charge in [-0.25, -0.2) is 18.4 Å². The van der Waals surface area contributed by atoms with Gasteiger partial charge in [-0.1, -0.05) is 0 Å². The second kappa shape index (κ2) is 9.95. The van der Waals surface area contributed by atoms with Crippen LogP contribution < -0.4 is 5.46 Å². The third-order valence-corrected chi connectivity index (χ3v) is 8.36. The zero-order valence-corrected chi connectivity index (χ0v) is 20.5. The number of carbonyl (C=O) groups is 1. The molecule has 10 nitrogen and oxygen atoms in total. The minimum absolute atomic E-state index is 0.0907. The maximum Gasteiger partial charge on any atom is 0.498 e. The summed E-state index contributed by atoms with van der Waals surface area (Å²) in [7, 11) is -4.31. The average Bonchev–Trinajstić information content (AvgIpc) is 2.99. The fraction of sp³-hybridized carbons (Fsp3) is 0.762. The lowest BCUT2D eigenvalue weighted by atomic mass is 9.81. The quantitative estimate of drug-likeness (QED) is 0.384. The molecule has 0 aromatic carbocycles. The second-order valence-corrected chi connectivity index (χ2v) is 11.8. The SMILES string of the molecule is CC1(C)OB(c2cnc(S(=O)(=O)CCC[C@H]3CCCN(C(=O)[C@H](O)CO)C3)nc2)OC1(C)C. The van der Waals surface area contributed by atoms with Crippen molar-refractivity contribution >= 4 is 28.3 Å². The van der Waals surface area contributed by atoms with Gasteiger partial charge in [0, 0.05) is 30.9 Å². The largest absolute Gasteiger partial charge is 0.498 e. The van der Waals surface area contributed by atoms with E-state index in [0.717, 1.165) is 12.8 Å². The highest BCUT2D eigenvalue weighted by Crippen LogP contribution is 2.36. The normalized spacial score (nSPS) is 23.5. The number of amides is 1. The van der Waals surface area contributed by atoms with E-state index in [1.165, 1.54) is 12.4 Å². The van der Waals surface area contributed by atoms with E-state index in [2.05, 4.69) is 9.97 Å². The van der Waals surface area contributed by atoms with E-state index in [1.807, 2.05) is 27.7 Å². The molecule has 2 aliphatic rings. The number of aliphatic hydroxyl groups excluding tert-OH is 2. The Morgan fingerprint density at radius 1 is 1.24 bits per heavy atom. The van der Waals surface area contributed by atoms with Crippen molar-refractivity contribution in [1.29, 1.82) is 0 Å². The Balaban J connectivity index is 1.53. The van der Waals surface area contributed by atoms with Gasteiger partial charge in [-0.2, -0.15) is 0 Å². The first-order valence-corrected chi connectivity index (χ1v) is 13.0. The summed E-state index contributed by atoms with van der Waals surface area (Å²) < 4.78 is 37.3. The Bertz CT molecular complexity index is 924. The van der Waals surface area contributed by atoms with Gasteiger partial charge in [-0.05, 0) is 59.3 Å². The number of rotatable bonds is 8. The molecule has 184 valence electrons. The topological polar surface area (TPSA) is 139 Å². The smallest absolute Gasteiger partial charge is 0.399 e. The van der Waals surface area contributed by atoms with E-state index in [9.17, 15) is 18.3 Å². The average molecular weight is 483 g/mol. The van der Waals surface area contributed by atoms with Crippen molar-refractivity contribution in [2.75, 3.05) is 25.4 Å². The van der Waals surface area contributed by atoms with E-state index >= 15 is 0 Å². The molecule has 2 aliphatic heterocycles. The van der Waals surface area contributed by atoms with Crippen LogP contribution in [0, 0.1) is 5.92 Å².